The fraction of sp³-hybridized carbons (Fsp3) is 0.200. The Kier molecular flexibility index (Phi) is 4.65. The number of benzene rings is 2. The van der Waals surface area contributed by atoms with Gasteiger partial charge in [-0.3, -0.25) is 5.84 Å². The van der Waals surface area contributed by atoms with Crippen molar-refractivity contribution >= 4 is 0 Å². The van der Waals surface area contributed by atoms with E-state index in [1.807, 2.05) is 37.3 Å². The number of aryl methyl sites for hydroxylation is 1. The second kappa shape index (κ2) is 6.45. The minimum atomic E-state index is -2.84. The molecule has 106 valence electrons. The van der Waals surface area contributed by atoms with Crippen LogP contribution in [0.4, 0.5) is 8.78 Å². The summed E-state index contributed by atoms with van der Waals surface area (Å²) in [5.74, 6) is 5.74. The van der Waals surface area contributed by atoms with E-state index in [1.54, 1.807) is 12.1 Å². The topological polar surface area (TPSA) is 47.3 Å². The quantitative estimate of drug-likeness (QED) is 0.652. The van der Waals surface area contributed by atoms with Gasteiger partial charge in [0.15, 0.2) is 0 Å². The fourth-order valence-corrected chi connectivity index (χ4v) is 2.15. The van der Waals surface area contributed by atoms with Crippen molar-refractivity contribution in [1.29, 1.82) is 0 Å². The van der Waals surface area contributed by atoms with Crippen molar-refractivity contribution in [3.63, 3.8) is 0 Å². The lowest BCUT2D eigenvalue weighted by Gasteiger charge is -2.19. The average Bonchev–Trinajstić information content (AvgIpc) is 2.41. The summed E-state index contributed by atoms with van der Waals surface area (Å²) in [5.41, 5.74) is 5.53. The highest BCUT2D eigenvalue weighted by atomic mass is 19.3. The van der Waals surface area contributed by atoms with Crippen LogP contribution in [0.1, 0.15) is 22.7 Å². The Morgan fingerprint density at radius 2 is 1.85 bits per heavy atom. The summed E-state index contributed by atoms with van der Waals surface area (Å²) in [6.07, 6.45) is 0. The Bertz CT molecular complexity index is 575. The predicted molar refractivity (Wildman–Crippen MR) is 73.4 cm³/mol. The molecule has 20 heavy (non-hydrogen) atoms. The van der Waals surface area contributed by atoms with Crippen LogP contribution in [0.15, 0.2) is 48.5 Å². The maximum Gasteiger partial charge on any atom is 0.387 e. The Labute approximate surface area is 116 Å². The highest BCUT2D eigenvalue weighted by Gasteiger charge is 2.15. The molecule has 0 spiro atoms. The summed E-state index contributed by atoms with van der Waals surface area (Å²) in [7, 11) is 0. The Balaban J connectivity index is 2.35. The Morgan fingerprint density at radius 1 is 1.10 bits per heavy atom. The van der Waals surface area contributed by atoms with Crippen molar-refractivity contribution in [1.82, 2.24) is 5.43 Å². The molecular formula is C15H16F2N2O. The third-order valence-electron chi connectivity index (χ3n) is 3.08. The van der Waals surface area contributed by atoms with Gasteiger partial charge >= 0.3 is 6.61 Å². The molecule has 0 aliphatic heterocycles. The number of alkyl halides is 2. The van der Waals surface area contributed by atoms with Crippen molar-refractivity contribution in [2.75, 3.05) is 0 Å². The average molecular weight is 278 g/mol. The molecular weight excluding hydrogens is 262 g/mol. The molecule has 5 heteroatoms. The van der Waals surface area contributed by atoms with Gasteiger partial charge in [0.25, 0.3) is 0 Å². The van der Waals surface area contributed by atoms with E-state index in [4.69, 9.17) is 5.84 Å². The summed E-state index contributed by atoms with van der Waals surface area (Å²) >= 11 is 0. The molecule has 0 heterocycles. The van der Waals surface area contributed by atoms with Crippen LogP contribution in [-0.4, -0.2) is 6.61 Å². The highest BCUT2D eigenvalue weighted by Crippen LogP contribution is 2.27. The third-order valence-corrected chi connectivity index (χ3v) is 3.08. The van der Waals surface area contributed by atoms with Crippen LogP contribution in [0.25, 0.3) is 0 Å². The number of ether oxygens (including phenoxy) is 1. The van der Waals surface area contributed by atoms with Gasteiger partial charge in [0.1, 0.15) is 5.75 Å². The molecule has 0 saturated carbocycles. The van der Waals surface area contributed by atoms with E-state index in [9.17, 15) is 8.78 Å². The van der Waals surface area contributed by atoms with Gasteiger partial charge in [-0.05, 0) is 35.7 Å². The monoisotopic (exact) mass is 278 g/mol. The summed E-state index contributed by atoms with van der Waals surface area (Å²) in [6.45, 7) is -0.868. The number of hydrogen-bond donors (Lipinski definition) is 2. The Morgan fingerprint density at radius 3 is 2.50 bits per heavy atom. The normalized spacial score (nSPS) is 12.4. The first-order valence-electron chi connectivity index (χ1n) is 6.18. The summed E-state index contributed by atoms with van der Waals surface area (Å²) in [5, 5.41) is 0. The zero-order chi connectivity index (χ0) is 14.5. The minimum Gasteiger partial charge on any atom is -0.435 e. The lowest BCUT2D eigenvalue weighted by Crippen LogP contribution is -2.29. The third kappa shape index (κ3) is 3.31. The molecule has 1 atom stereocenters. The molecule has 2 aromatic carbocycles. The maximum absolute atomic E-state index is 12.3. The zero-order valence-electron chi connectivity index (χ0n) is 11.0. The molecule has 2 rings (SSSR count). The van der Waals surface area contributed by atoms with E-state index >= 15 is 0 Å². The van der Waals surface area contributed by atoms with Gasteiger partial charge < -0.3 is 4.74 Å². The van der Waals surface area contributed by atoms with Crippen molar-refractivity contribution < 1.29 is 13.5 Å². The number of halogens is 2. The van der Waals surface area contributed by atoms with Crippen LogP contribution in [0, 0.1) is 6.92 Å². The fourth-order valence-electron chi connectivity index (χ4n) is 2.15. The number of hydrazine groups is 1. The lowest BCUT2D eigenvalue weighted by atomic mass is 9.95. The van der Waals surface area contributed by atoms with Gasteiger partial charge in [0, 0.05) is 0 Å². The van der Waals surface area contributed by atoms with Gasteiger partial charge in [-0.25, -0.2) is 5.43 Å². The highest BCUT2D eigenvalue weighted by molar-refractivity contribution is 5.39. The van der Waals surface area contributed by atoms with Gasteiger partial charge in [0.2, 0.25) is 0 Å². The van der Waals surface area contributed by atoms with E-state index in [2.05, 4.69) is 10.2 Å². The molecule has 0 amide bonds. The standard InChI is InChI=1S/C15H16F2N2O/c1-10-5-2-3-8-13(10)14(19-18)11-6-4-7-12(9-11)20-15(16)17/h2-9,14-15,19H,18H2,1H3. The summed E-state index contributed by atoms with van der Waals surface area (Å²) in [6, 6.07) is 14.0. The molecule has 1 unspecified atom stereocenters. The van der Waals surface area contributed by atoms with Crippen LogP contribution in [-0.2, 0) is 0 Å². The first-order chi connectivity index (χ1) is 9.61. The molecule has 3 N–H and O–H groups in total. The molecule has 0 radical (unpaired) electrons. The minimum absolute atomic E-state index is 0.117. The van der Waals surface area contributed by atoms with Crippen LogP contribution in [0.5, 0.6) is 5.75 Å². The number of hydrogen-bond acceptors (Lipinski definition) is 3. The predicted octanol–water partition coefficient (Wildman–Crippen LogP) is 3.15. The molecule has 0 aliphatic rings. The SMILES string of the molecule is Cc1ccccc1C(NN)c1cccc(OC(F)F)c1. The molecule has 0 aliphatic carbocycles. The van der Waals surface area contributed by atoms with Crippen LogP contribution < -0.4 is 16.0 Å². The molecule has 0 bridgehead atoms. The smallest absolute Gasteiger partial charge is 0.387 e. The van der Waals surface area contributed by atoms with Gasteiger partial charge in [-0.1, -0.05) is 36.4 Å². The number of nitrogens with one attached hydrogen (secondary N) is 1. The van der Waals surface area contributed by atoms with E-state index in [1.165, 1.54) is 6.07 Å². The van der Waals surface area contributed by atoms with Crippen LogP contribution >= 0.6 is 0 Å². The van der Waals surface area contributed by atoms with Gasteiger partial charge in [-0.15, -0.1) is 0 Å². The lowest BCUT2D eigenvalue weighted by molar-refractivity contribution is -0.0498. The van der Waals surface area contributed by atoms with E-state index in [0.29, 0.717) is 0 Å². The van der Waals surface area contributed by atoms with Crippen LogP contribution in [0.2, 0.25) is 0 Å². The van der Waals surface area contributed by atoms with Gasteiger partial charge in [0.05, 0.1) is 6.04 Å². The van der Waals surface area contributed by atoms with Crippen LogP contribution in [0.3, 0.4) is 0 Å². The first-order valence-corrected chi connectivity index (χ1v) is 6.18. The number of nitrogens with two attached hydrogens (primary N) is 1. The van der Waals surface area contributed by atoms with E-state index in [0.717, 1.165) is 16.7 Å². The summed E-state index contributed by atoms with van der Waals surface area (Å²) < 4.78 is 28.9. The van der Waals surface area contributed by atoms with Crippen molar-refractivity contribution in [3.05, 3.63) is 65.2 Å². The van der Waals surface area contributed by atoms with Crippen molar-refractivity contribution in [2.24, 2.45) is 5.84 Å². The largest absolute Gasteiger partial charge is 0.435 e. The van der Waals surface area contributed by atoms with Crippen molar-refractivity contribution in [2.45, 2.75) is 19.6 Å². The molecule has 0 fully saturated rings. The first kappa shape index (κ1) is 14.4. The Hall–Kier alpha value is -1.98. The molecule has 2 aromatic rings. The van der Waals surface area contributed by atoms with E-state index < -0.39 is 6.61 Å². The second-order valence-electron chi connectivity index (χ2n) is 4.41. The van der Waals surface area contributed by atoms with E-state index in [-0.39, 0.29) is 11.8 Å². The van der Waals surface area contributed by atoms with Gasteiger partial charge in [-0.2, -0.15) is 8.78 Å². The maximum atomic E-state index is 12.3. The second-order valence-corrected chi connectivity index (χ2v) is 4.41. The summed E-state index contributed by atoms with van der Waals surface area (Å²) in [4.78, 5) is 0. The molecule has 0 aromatic heterocycles. The molecule has 0 saturated heterocycles. The number of rotatable bonds is 5. The molecule has 3 nitrogen and oxygen atoms in total. The van der Waals surface area contributed by atoms with Crippen molar-refractivity contribution in [3.8, 4) is 5.75 Å². The zero-order valence-corrected chi connectivity index (χ0v) is 11.0.